The fraction of sp³-hybridized carbons (Fsp3) is 0.143. The Morgan fingerprint density at radius 1 is 0.567 bits per heavy atom. The lowest BCUT2D eigenvalue weighted by Crippen LogP contribution is -2.17. The SMILES string of the molecule is O=S(=O)(SSS(=O)(=O)c1ccc(OC(F)(F)F)cc1)c1ccc(OC(F)(F)F)cc1. The summed E-state index contributed by atoms with van der Waals surface area (Å²) in [5.41, 5.74) is 0. The number of ether oxygens (including phenoxy) is 2. The Morgan fingerprint density at radius 2 is 0.833 bits per heavy atom. The molecular weight excluding hydrogens is 506 g/mol. The number of alkyl halides is 6. The molecule has 166 valence electrons. The largest absolute Gasteiger partial charge is 0.573 e. The molecular formula is C14H8F6O6S4. The van der Waals surface area contributed by atoms with E-state index in [2.05, 4.69) is 9.47 Å². The zero-order valence-corrected chi connectivity index (χ0v) is 17.2. The molecule has 0 N–H and O–H groups in total. The van der Waals surface area contributed by atoms with Crippen molar-refractivity contribution in [2.24, 2.45) is 0 Å². The molecule has 0 saturated carbocycles. The Hall–Kier alpha value is -1.78. The lowest BCUT2D eigenvalue weighted by atomic mass is 10.3. The van der Waals surface area contributed by atoms with Crippen LogP contribution in [0.4, 0.5) is 26.3 Å². The molecule has 2 aromatic rings. The molecule has 16 heteroatoms. The van der Waals surface area contributed by atoms with Crippen LogP contribution in [0.3, 0.4) is 0 Å². The summed E-state index contributed by atoms with van der Waals surface area (Å²) in [6, 6.07) is 6.11. The molecule has 2 aromatic carbocycles. The maximum absolute atomic E-state index is 12.2. The van der Waals surface area contributed by atoms with E-state index in [0.29, 0.717) is 0 Å². The standard InChI is InChI=1S/C14H8F6O6S4/c15-13(16,17)25-9-1-5-11(6-2-9)29(21,22)27-28-30(23,24)12-7-3-10(4-8-12)26-14(18,19)20/h1-8H. The van der Waals surface area contributed by atoms with E-state index in [1.54, 1.807) is 0 Å². The van der Waals surface area contributed by atoms with Gasteiger partial charge >= 0.3 is 12.7 Å². The summed E-state index contributed by atoms with van der Waals surface area (Å²) in [4.78, 5) is -0.975. The molecule has 0 radical (unpaired) electrons. The minimum absolute atomic E-state index is 0.107. The number of halogens is 6. The molecule has 0 aromatic heterocycles. The van der Waals surface area contributed by atoms with Crippen LogP contribution in [-0.4, -0.2) is 29.6 Å². The zero-order valence-electron chi connectivity index (χ0n) is 14.0. The highest BCUT2D eigenvalue weighted by Gasteiger charge is 2.32. The Kier molecular flexibility index (Phi) is 7.15. The van der Waals surface area contributed by atoms with Crippen molar-refractivity contribution in [1.29, 1.82) is 0 Å². The van der Waals surface area contributed by atoms with E-state index < -0.39 is 51.8 Å². The van der Waals surface area contributed by atoms with Gasteiger partial charge in [-0.2, -0.15) is 0 Å². The topological polar surface area (TPSA) is 86.7 Å². The van der Waals surface area contributed by atoms with E-state index >= 15 is 0 Å². The van der Waals surface area contributed by atoms with Gasteiger partial charge < -0.3 is 9.47 Å². The minimum atomic E-state index is -4.97. The van der Waals surface area contributed by atoms with E-state index in [0.717, 1.165) is 48.5 Å². The molecule has 0 aliphatic rings. The molecule has 0 saturated heterocycles. The van der Waals surface area contributed by atoms with E-state index in [4.69, 9.17) is 0 Å². The smallest absolute Gasteiger partial charge is 0.406 e. The van der Waals surface area contributed by atoms with Crippen molar-refractivity contribution in [2.75, 3.05) is 0 Å². The molecule has 0 aliphatic carbocycles. The van der Waals surface area contributed by atoms with Gasteiger partial charge in [0.1, 0.15) is 11.5 Å². The molecule has 0 spiro atoms. The highest BCUT2D eigenvalue weighted by molar-refractivity contribution is 9.23. The van der Waals surface area contributed by atoms with Crippen LogP contribution < -0.4 is 9.47 Å². The first-order valence-electron chi connectivity index (χ1n) is 7.17. The summed E-state index contributed by atoms with van der Waals surface area (Å²) in [5, 5.41) is 0. The number of benzene rings is 2. The normalized spacial score (nSPS) is 13.1. The minimum Gasteiger partial charge on any atom is -0.406 e. The third kappa shape index (κ3) is 7.48. The molecule has 6 nitrogen and oxygen atoms in total. The molecule has 30 heavy (non-hydrogen) atoms. The predicted molar refractivity (Wildman–Crippen MR) is 95.8 cm³/mol. The van der Waals surface area contributed by atoms with E-state index in [-0.39, 0.29) is 19.7 Å². The lowest BCUT2D eigenvalue weighted by molar-refractivity contribution is -0.275. The third-order valence-corrected chi connectivity index (χ3v) is 12.6. The first kappa shape index (κ1) is 24.5. The summed E-state index contributed by atoms with van der Waals surface area (Å²) in [6.07, 6.45) is -9.94. The first-order chi connectivity index (χ1) is 13.6. The van der Waals surface area contributed by atoms with Crippen molar-refractivity contribution in [1.82, 2.24) is 0 Å². The lowest BCUT2D eigenvalue weighted by Gasteiger charge is -2.10. The second kappa shape index (κ2) is 8.76. The van der Waals surface area contributed by atoms with E-state index in [1.807, 2.05) is 0 Å². The van der Waals surface area contributed by atoms with Crippen molar-refractivity contribution >= 4 is 37.4 Å². The van der Waals surface area contributed by atoms with Gasteiger partial charge in [-0.1, -0.05) is 0 Å². The summed E-state index contributed by atoms with van der Waals surface area (Å²) in [7, 11) is -8.82. The Morgan fingerprint density at radius 3 is 1.07 bits per heavy atom. The van der Waals surface area contributed by atoms with Gasteiger partial charge in [-0.05, 0) is 48.5 Å². The van der Waals surface area contributed by atoms with Crippen LogP contribution in [-0.2, 0) is 17.7 Å². The second-order valence-corrected chi connectivity index (χ2v) is 14.0. The number of hydrogen-bond acceptors (Lipinski definition) is 8. The molecule has 0 heterocycles. The van der Waals surface area contributed by atoms with Crippen LogP contribution in [0.25, 0.3) is 0 Å². The Balaban J connectivity index is 2.09. The molecule has 0 amide bonds. The van der Waals surface area contributed by atoms with Crippen molar-refractivity contribution in [3.8, 4) is 11.5 Å². The molecule has 0 fully saturated rings. The average molecular weight is 514 g/mol. The van der Waals surface area contributed by atoms with Crippen molar-refractivity contribution < 1.29 is 52.7 Å². The molecule has 0 unspecified atom stereocenters. The van der Waals surface area contributed by atoms with Gasteiger partial charge in [-0.3, -0.25) is 0 Å². The van der Waals surface area contributed by atoms with Crippen LogP contribution in [0.2, 0.25) is 0 Å². The average Bonchev–Trinajstić information content (AvgIpc) is 2.58. The number of rotatable bonds is 7. The quantitative estimate of drug-likeness (QED) is 0.379. The van der Waals surface area contributed by atoms with E-state index in [9.17, 15) is 43.2 Å². The molecule has 0 atom stereocenters. The van der Waals surface area contributed by atoms with Gasteiger partial charge in [0.15, 0.2) is 0 Å². The predicted octanol–water partition coefficient (Wildman–Crippen LogP) is 4.94. The van der Waals surface area contributed by atoms with Gasteiger partial charge in [0.25, 0.3) is 0 Å². The van der Waals surface area contributed by atoms with Crippen LogP contribution in [0.5, 0.6) is 11.5 Å². The Bertz CT molecular complexity index is 988. The van der Waals surface area contributed by atoms with Crippen LogP contribution >= 0.6 is 19.7 Å². The highest BCUT2D eigenvalue weighted by Crippen LogP contribution is 2.41. The van der Waals surface area contributed by atoms with Gasteiger partial charge in [0, 0.05) is 0 Å². The van der Waals surface area contributed by atoms with Crippen molar-refractivity contribution in [2.45, 2.75) is 22.5 Å². The van der Waals surface area contributed by atoms with Crippen LogP contribution in [0.15, 0.2) is 58.3 Å². The third-order valence-electron chi connectivity index (χ3n) is 2.90. The Labute approximate surface area is 172 Å². The van der Waals surface area contributed by atoms with Crippen molar-refractivity contribution in [3.05, 3.63) is 48.5 Å². The van der Waals surface area contributed by atoms with Gasteiger partial charge in [0.2, 0.25) is 17.7 Å². The molecule has 0 bridgehead atoms. The highest BCUT2D eigenvalue weighted by atomic mass is 33.7. The fourth-order valence-corrected chi connectivity index (χ4v) is 11.3. The summed E-state index contributed by atoms with van der Waals surface area (Å²) in [5.74, 6) is -1.35. The first-order valence-corrected chi connectivity index (χ1v) is 13.3. The fourth-order valence-electron chi connectivity index (χ4n) is 1.77. The maximum Gasteiger partial charge on any atom is 0.573 e. The molecule has 0 aliphatic heterocycles. The van der Waals surface area contributed by atoms with Crippen LogP contribution in [0, 0.1) is 0 Å². The summed E-state index contributed by atoms with van der Waals surface area (Å²) < 4.78 is 129. The summed E-state index contributed by atoms with van der Waals surface area (Å²) >= 11 is 0. The monoisotopic (exact) mass is 514 g/mol. The summed E-state index contributed by atoms with van der Waals surface area (Å²) in [6.45, 7) is 0. The zero-order chi connectivity index (χ0) is 22.8. The maximum atomic E-state index is 12.2. The van der Waals surface area contributed by atoms with Crippen LogP contribution in [0.1, 0.15) is 0 Å². The van der Waals surface area contributed by atoms with Gasteiger partial charge in [-0.25, -0.2) is 16.8 Å². The van der Waals surface area contributed by atoms with Gasteiger partial charge in [-0.15, -0.1) is 26.3 Å². The second-order valence-electron chi connectivity index (χ2n) is 5.08. The van der Waals surface area contributed by atoms with Crippen molar-refractivity contribution in [3.63, 3.8) is 0 Å². The van der Waals surface area contributed by atoms with E-state index in [1.165, 1.54) is 0 Å². The number of hydrogen-bond donors (Lipinski definition) is 0. The molecule has 2 rings (SSSR count). The van der Waals surface area contributed by atoms with Gasteiger partial charge in [0.05, 0.1) is 29.4 Å².